The molecule has 2 rings (SSSR count). The maximum absolute atomic E-state index is 4.57. The molecule has 0 aliphatic heterocycles. The molecule has 1 aromatic carbocycles. The van der Waals surface area contributed by atoms with Gasteiger partial charge in [-0.15, -0.1) is 0 Å². The Morgan fingerprint density at radius 3 is 2.63 bits per heavy atom. The summed E-state index contributed by atoms with van der Waals surface area (Å²) in [5, 5.41) is 3.52. The Bertz CT molecular complexity index is 564. The standard InChI is InChI=1S/C16H21N3/c1-5-17-16(15-9-10-18-13(4)19-15)14-8-6-7-11(2)12(14)3/h6-10,16-17H,5H2,1-4H3. The van der Waals surface area contributed by atoms with Gasteiger partial charge in [-0.1, -0.05) is 25.1 Å². The van der Waals surface area contributed by atoms with E-state index in [4.69, 9.17) is 0 Å². The number of benzene rings is 1. The smallest absolute Gasteiger partial charge is 0.125 e. The average Bonchev–Trinajstić information content (AvgIpc) is 2.40. The molecule has 0 spiro atoms. The summed E-state index contributed by atoms with van der Waals surface area (Å²) in [5.74, 6) is 0.811. The monoisotopic (exact) mass is 255 g/mol. The van der Waals surface area contributed by atoms with E-state index in [1.807, 2.05) is 19.2 Å². The molecular weight excluding hydrogens is 234 g/mol. The third kappa shape index (κ3) is 2.99. The molecule has 19 heavy (non-hydrogen) atoms. The second-order valence-electron chi connectivity index (χ2n) is 4.81. The minimum absolute atomic E-state index is 0.131. The fraction of sp³-hybridized carbons (Fsp3) is 0.375. The first-order chi connectivity index (χ1) is 9.13. The van der Waals surface area contributed by atoms with Crippen molar-refractivity contribution < 1.29 is 0 Å². The fourth-order valence-electron chi connectivity index (χ4n) is 2.30. The third-order valence-corrected chi connectivity index (χ3v) is 3.46. The van der Waals surface area contributed by atoms with E-state index in [0.717, 1.165) is 18.1 Å². The van der Waals surface area contributed by atoms with Crippen LogP contribution in [-0.4, -0.2) is 16.5 Å². The van der Waals surface area contributed by atoms with Crippen molar-refractivity contribution in [2.45, 2.75) is 33.7 Å². The molecular formula is C16H21N3. The van der Waals surface area contributed by atoms with Gasteiger partial charge in [0.05, 0.1) is 11.7 Å². The summed E-state index contributed by atoms with van der Waals surface area (Å²) in [4.78, 5) is 8.74. The molecule has 1 aromatic heterocycles. The van der Waals surface area contributed by atoms with E-state index in [-0.39, 0.29) is 6.04 Å². The lowest BCUT2D eigenvalue weighted by molar-refractivity contribution is 0.608. The van der Waals surface area contributed by atoms with E-state index in [9.17, 15) is 0 Å². The van der Waals surface area contributed by atoms with Crippen LogP contribution in [0.1, 0.15) is 41.2 Å². The van der Waals surface area contributed by atoms with Crippen LogP contribution in [0.15, 0.2) is 30.5 Å². The lowest BCUT2D eigenvalue weighted by atomic mass is 9.95. The van der Waals surface area contributed by atoms with E-state index in [1.165, 1.54) is 16.7 Å². The van der Waals surface area contributed by atoms with E-state index in [0.29, 0.717) is 0 Å². The first-order valence-corrected chi connectivity index (χ1v) is 6.72. The van der Waals surface area contributed by atoms with Gasteiger partial charge < -0.3 is 5.32 Å². The van der Waals surface area contributed by atoms with Gasteiger partial charge in [-0.3, -0.25) is 0 Å². The van der Waals surface area contributed by atoms with Crippen LogP contribution in [0.4, 0.5) is 0 Å². The van der Waals surface area contributed by atoms with Gasteiger partial charge in [0.15, 0.2) is 0 Å². The van der Waals surface area contributed by atoms with Gasteiger partial charge in [-0.2, -0.15) is 0 Å². The predicted octanol–water partition coefficient (Wildman–Crippen LogP) is 3.10. The first kappa shape index (κ1) is 13.7. The van der Waals surface area contributed by atoms with E-state index < -0.39 is 0 Å². The summed E-state index contributed by atoms with van der Waals surface area (Å²) in [6.45, 7) is 9.26. The van der Waals surface area contributed by atoms with Crippen molar-refractivity contribution in [3.8, 4) is 0 Å². The van der Waals surface area contributed by atoms with Crippen molar-refractivity contribution in [2.24, 2.45) is 0 Å². The van der Waals surface area contributed by atoms with E-state index in [2.05, 4.69) is 54.3 Å². The number of rotatable bonds is 4. The van der Waals surface area contributed by atoms with Crippen LogP contribution in [0.25, 0.3) is 0 Å². The van der Waals surface area contributed by atoms with E-state index in [1.54, 1.807) is 0 Å². The maximum Gasteiger partial charge on any atom is 0.125 e. The Balaban J connectivity index is 2.48. The van der Waals surface area contributed by atoms with Gasteiger partial charge in [0.25, 0.3) is 0 Å². The van der Waals surface area contributed by atoms with Gasteiger partial charge in [0.1, 0.15) is 5.82 Å². The molecule has 0 bridgehead atoms. The Labute approximate surface area is 115 Å². The highest BCUT2D eigenvalue weighted by molar-refractivity contribution is 5.38. The molecule has 0 saturated heterocycles. The lowest BCUT2D eigenvalue weighted by Gasteiger charge is -2.21. The molecule has 0 aliphatic carbocycles. The number of hydrogen-bond acceptors (Lipinski definition) is 3. The number of nitrogens with zero attached hydrogens (tertiary/aromatic N) is 2. The van der Waals surface area contributed by atoms with E-state index >= 15 is 0 Å². The van der Waals surface area contributed by atoms with Crippen molar-refractivity contribution in [2.75, 3.05) is 6.54 Å². The molecule has 0 aliphatic rings. The first-order valence-electron chi connectivity index (χ1n) is 6.72. The summed E-state index contributed by atoms with van der Waals surface area (Å²) in [5.41, 5.74) is 4.96. The maximum atomic E-state index is 4.57. The largest absolute Gasteiger partial charge is 0.305 e. The molecule has 1 atom stereocenters. The Hall–Kier alpha value is -1.74. The zero-order valence-corrected chi connectivity index (χ0v) is 12.1. The lowest BCUT2D eigenvalue weighted by Crippen LogP contribution is -2.24. The molecule has 1 N–H and O–H groups in total. The topological polar surface area (TPSA) is 37.8 Å². The summed E-state index contributed by atoms with van der Waals surface area (Å²) in [7, 11) is 0. The van der Waals surface area contributed by atoms with Crippen molar-refractivity contribution in [1.29, 1.82) is 0 Å². The molecule has 0 radical (unpaired) electrons. The zero-order valence-electron chi connectivity index (χ0n) is 12.1. The summed E-state index contributed by atoms with van der Waals surface area (Å²) in [6.07, 6.45) is 1.83. The molecule has 3 nitrogen and oxygen atoms in total. The zero-order chi connectivity index (χ0) is 13.8. The highest BCUT2D eigenvalue weighted by Gasteiger charge is 2.17. The van der Waals surface area contributed by atoms with Crippen LogP contribution in [0, 0.1) is 20.8 Å². The molecule has 0 fully saturated rings. The number of aromatic nitrogens is 2. The van der Waals surface area contributed by atoms with Gasteiger partial charge in [-0.05, 0) is 50.1 Å². The fourth-order valence-corrected chi connectivity index (χ4v) is 2.30. The van der Waals surface area contributed by atoms with Crippen molar-refractivity contribution in [3.05, 3.63) is 58.7 Å². The molecule has 100 valence electrons. The number of aryl methyl sites for hydroxylation is 2. The third-order valence-electron chi connectivity index (χ3n) is 3.46. The average molecular weight is 255 g/mol. The number of hydrogen-bond donors (Lipinski definition) is 1. The van der Waals surface area contributed by atoms with Gasteiger partial charge in [0, 0.05) is 6.20 Å². The minimum atomic E-state index is 0.131. The Kier molecular flexibility index (Phi) is 4.27. The minimum Gasteiger partial charge on any atom is -0.305 e. The van der Waals surface area contributed by atoms with Crippen molar-refractivity contribution >= 4 is 0 Å². The van der Waals surface area contributed by atoms with Crippen LogP contribution in [0.2, 0.25) is 0 Å². The normalized spacial score (nSPS) is 12.4. The molecule has 3 heteroatoms. The van der Waals surface area contributed by atoms with Crippen molar-refractivity contribution in [1.82, 2.24) is 15.3 Å². The second kappa shape index (κ2) is 5.93. The highest BCUT2D eigenvalue weighted by atomic mass is 15.0. The van der Waals surface area contributed by atoms with Gasteiger partial charge in [-0.25, -0.2) is 9.97 Å². The molecule has 1 unspecified atom stereocenters. The molecule has 0 amide bonds. The van der Waals surface area contributed by atoms with Crippen molar-refractivity contribution in [3.63, 3.8) is 0 Å². The van der Waals surface area contributed by atoms with Crippen LogP contribution in [0.3, 0.4) is 0 Å². The summed E-state index contributed by atoms with van der Waals surface area (Å²) < 4.78 is 0. The Morgan fingerprint density at radius 1 is 1.16 bits per heavy atom. The van der Waals surface area contributed by atoms with Crippen LogP contribution >= 0.6 is 0 Å². The molecule has 1 heterocycles. The quantitative estimate of drug-likeness (QED) is 0.912. The SMILES string of the molecule is CCNC(c1ccnc(C)n1)c1cccc(C)c1C. The second-order valence-corrected chi connectivity index (χ2v) is 4.81. The van der Waals surface area contributed by atoms with Crippen LogP contribution in [0.5, 0.6) is 0 Å². The molecule has 2 aromatic rings. The molecule has 0 saturated carbocycles. The van der Waals surface area contributed by atoms with Crippen LogP contribution in [-0.2, 0) is 0 Å². The highest BCUT2D eigenvalue weighted by Crippen LogP contribution is 2.25. The van der Waals surface area contributed by atoms with Gasteiger partial charge in [0.2, 0.25) is 0 Å². The summed E-state index contributed by atoms with van der Waals surface area (Å²) in [6, 6.07) is 8.55. The Morgan fingerprint density at radius 2 is 1.95 bits per heavy atom. The number of nitrogens with one attached hydrogen (secondary N) is 1. The van der Waals surface area contributed by atoms with Gasteiger partial charge >= 0.3 is 0 Å². The van der Waals surface area contributed by atoms with Crippen LogP contribution < -0.4 is 5.32 Å². The summed E-state index contributed by atoms with van der Waals surface area (Å²) >= 11 is 0. The predicted molar refractivity (Wildman–Crippen MR) is 78.2 cm³/mol.